The lowest BCUT2D eigenvalue weighted by Gasteiger charge is -2.28. The molecule has 0 unspecified atom stereocenters. The van der Waals surface area contributed by atoms with Gasteiger partial charge in [0.1, 0.15) is 0 Å². The molecule has 0 aliphatic rings. The number of ether oxygens (including phenoxy) is 1. The van der Waals surface area contributed by atoms with Gasteiger partial charge >= 0.3 is 5.97 Å². The normalized spacial score (nSPS) is 12.6. The van der Waals surface area contributed by atoms with E-state index < -0.39 is 16.1 Å². The first-order valence-electron chi connectivity index (χ1n) is 14.0. The molecule has 1 amide bonds. The number of carbonyl (C=O) groups excluding carboxylic acids is 2. The number of amides is 1. The van der Waals surface area contributed by atoms with E-state index in [1.54, 1.807) is 48.5 Å². The maximum atomic E-state index is 12.7. The number of aliphatic hydroxyl groups is 1. The molecule has 1 atom stereocenters. The van der Waals surface area contributed by atoms with Crippen molar-refractivity contribution in [3.05, 3.63) is 96.2 Å². The number of rotatable bonds is 14. The van der Waals surface area contributed by atoms with Crippen molar-refractivity contribution < 1.29 is 27.9 Å². The number of hydrogen-bond acceptors (Lipinski definition) is 7. The molecule has 4 N–H and O–H groups in total. The summed E-state index contributed by atoms with van der Waals surface area (Å²) in [6.07, 6.45) is 2.02. The number of benzene rings is 3. The Hall–Kier alpha value is -4.19. The molecule has 4 rings (SSSR count). The summed E-state index contributed by atoms with van der Waals surface area (Å²) in [6.45, 7) is 5.32. The number of anilines is 1. The minimum absolute atomic E-state index is 0.115. The third-order valence-corrected chi connectivity index (χ3v) is 8.60. The zero-order valence-electron chi connectivity index (χ0n) is 24.5. The summed E-state index contributed by atoms with van der Waals surface area (Å²) in [5.74, 6) is -0.625. The van der Waals surface area contributed by atoms with E-state index in [1.165, 1.54) is 19.2 Å². The highest BCUT2D eigenvalue weighted by molar-refractivity contribution is 7.92. The Kier molecular flexibility index (Phi) is 10.2. The van der Waals surface area contributed by atoms with Crippen molar-refractivity contribution in [3.63, 3.8) is 0 Å². The zero-order valence-corrected chi connectivity index (χ0v) is 25.4. The van der Waals surface area contributed by atoms with Gasteiger partial charge in [0.25, 0.3) is 15.9 Å². The van der Waals surface area contributed by atoms with Gasteiger partial charge in [0, 0.05) is 53.5 Å². The van der Waals surface area contributed by atoms with Crippen LogP contribution < -0.4 is 15.4 Å². The average Bonchev–Trinajstić information content (AvgIpc) is 3.41. The van der Waals surface area contributed by atoms with Crippen LogP contribution >= 0.6 is 0 Å². The number of hydrogen-bond donors (Lipinski definition) is 4. The second-order valence-electron chi connectivity index (χ2n) is 10.9. The molecule has 4 aromatic rings. The standard InChI is InChI=1S/C32H38N4O6S/c1-32(2,16-19-36-18-15-23-20-25(12-13-28(23)36)31(39)33-17-14-30(38)42-3)34-22-29(37)24-8-7-9-26(21-24)35-43(40,41)27-10-5-4-6-11-27/h4-13,15,18,20-21,29,34-35,37H,14,16-17,19,22H2,1-3H3,(H,33,39)/t29-/m0/s1. The van der Waals surface area contributed by atoms with Crippen LogP contribution in [0.4, 0.5) is 5.69 Å². The van der Waals surface area contributed by atoms with Gasteiger partial charge in [0.05, 0.1) is 24.5 Å². The molecule has 1 heterocycles. The quantitative estimate of drug-likeness (QED) is 0.158. The molecular formula is C32H38N4O6S. The van der Waals surface area contributed by atoms with E-state index in [0.29, 0.717) is 23.4 Å². The second kappa shape index (κ2) is 13.9. The van der Waals surface area contributed by atoms with Crippen LogP contribution in [0.15, 0.2) is 90.0 Å². The zero-order chi connectivity index (χ0) is 31.0. The van der Waals surface area contributed by atoms with Crippen LogP contribution in [-0.4, -0.2) is 55.7 Å². The lowest BCUT2D eigenvalue weighted by molar-refractivity contribution is -0.140. The molecule has 43 heavy (non-hydrogen) atoms. The number of aryl methyl sites for hydroxylation is 1. The van der Waals surface area contributed by atoms with E-state index in [4.69, 9.17) is 0 Å². The van der Waals surface area contributed by atoms with Gasteiger partial charge in [-0.05, 0) is 74.4 Å². The highest BCUT2D eigenvalue weighted by Crippen LogP contribution is 2.23. The Bertz CT molecular complexity index is 1670. The molecule has 0 fully saturated rings. The van der Waals surface area contributed by atoms with E-state index in [1.807, 2.05) is 24.4 Å². The molecule has 11 heteroatoms. The van der Waals surface area contributed by atoms with Gasteiger partial charge in [0.2, 0.25) is 0 Å². The second-order valence-corrected chi connectivity index (χ2v) is 12.6. The van der Waals surface area contributed by atoms with Crippen LogP contribution in [-0.2, 0) is 26.1 Å². The first-order valence-corrected chi connectivity index (χ1v) is 15.5. The molecule has 0 saturated carbocycles. The van der Waals surface area contributed by atoms with Gasteiger partial charge in [-0.2, -0.15) is 0 Å². The summed E-state index contributed by atoms with van der Waals surface area (Å²) < 4.78 is 34.7. The number of carbonyl (C=O) groups is 2. The number of methoxy groups -OCH3 is 1. The van der Waals surface area contributed by atoms with Gasteiger partial charge in [-0.15, -0.1) is 0 Å². The SMILES string of the molecule is COC(=O)CCNC(=O)c1ccc2c(ccn2CCC(C)(C)NC[C@H](O)c2cccc(NS(=O)(=O)c3ccccc3)c2)c1. The number of nitrogens with one attached hydrogen (secondary N) is 3. The fraction of sp³-hybridized carbons (Fsp3) is 0.312. The molecule has 0 radical (unpaired) electrons. The molecule has 10 nitrogen and oxygen atoms in total. The summed E-state index contributed by atoms with van der Waals surface area (Å²) in [4.78, 5) is 23.9. The van der Waals surface area contributed by atoms with Crippen molar-refractivity contribution in [1.29, 1.82) is 0 Å². The van der Waals surface area contributed by atoms with Crippen molar-refractivity contribution in [1.82, 2.24) is 15.2 Å². The fourth-order valence-electron chi connectivity index (χ4n) is 4.62. The van der Waals surface area contributed by atoms with Crippen LogP contribution in [0.5, 0.6) is 0 Å². The number of aromatic nitrogens is 1. The summed E-state index contributed by atoms with van der Waals surface area (Å²) >= 11 is 0. The third kappa shape index (κ3) is 8.66. The van der Waals surface area contributed by atoms with Crippen molar-refractivity contribution in [3.8, 4) is 0 Å². The number of nitrogens with zero attached hydrogens (tertiary/aromatic N) is 1. The topological polar surface area (TPSA) is 139 Å². The molecule has 0 aliphatic heterocycles. The molecule has 3 aromatic carbocycles. The first kappa shape index (κ1) is 31.7. The Balaban J connectivity index is 1.31. The minimum atomic E-state index is -3.74. The van der Waals surface area contributed by atoms with E-state index >= 15 is 0 Å². The summed E-state index contributed by atoms with van der Waals surface area (Å²) in [5.41, 5.74) is 2.17. The van der Waals surface area contributed by atoms with E-state index in [-0.39, 0.29) is 41.8 Å². The molecule has 0 saturated heterocycles. The molecule has 0 spiro atoms. The number of aliphatic hydroxyl groups excluding tert-OH is 1. The van der Waals surface area contributed by atoms with Crippen LogP contribution in [0.2, 0.25) is 0 Å². The summed E-state index contributed by atoms with van der Waals surface area (Å²) in [7, 11) is -2.42. The number of esters is 1. The van der Waals surface area contributed by atoms with Crippen LogP contribution in [0.25, 0.3) is 10.9 Å². The Morgan fingerprint density at radius 1 is 1.00 bits per heavy atom. The number of β-amino-alcohol motifs (C(OH)–C–C–N with tert-alkyl or cyclic N) is 1. The minimum Gasteiger partial charge on any atom is -0.469 e. The Morgan fingerprint density at radius 3 is 2.51 bits per heavy atom. The molecule has 0 aliphatic carbocycles. The highest BCUT2D eigenvalue weighted by atomic mass is 32.2. The first-order chi connectivity index (χ1) is 20.5. The van der Waals surface area contributed by atoms with Crippen molar-refractivity contribution in [2.75, 3.05) is 24.9 Å². The Labute approximate surface area is 252 Å². The lowest BCUT2D eigenvalue weighted by Crippen LogP contribution is -2.42. The van der Waals surface area contributed by atoms with Crippen LogP contribution in [0.3, 0.4) is 0 Å². The largest absolute Gasteiger partial charge is 0.469 e. The van der Waals surface area contributed by atoms with Gasteiger partial charge in [-0.25, -0.2) is 8.42 Å². The maximum Gasteiger partial charge on any atom is 0.307 e. The maximum absolute atomic E-state index is 12.7. The van der Waals surface area contributed by atoms with Crippen LogP contribution in [0, 0.1) is 0 Å². The predicted octanol–water partition coefficient (Wildman–Crippen LogP) is 4.23. The van der Waals surface area contributed by atoms with E-state index in [0.717, 1.165) is 17.3 Å². The smallest absolute Gasteiger partial charge is 0.307 e. The summed E-state index contributed by atoms with van der Waals surface area (Å²) in [5, 5.41) is 18.0. The van der Waals surface area contributed by atoms with Crippen molar-refractivity contribution in [2.45, 2.75) is 49.8 Å². The van der Waals surface area contributed by atoms with Gasteiger partial charge in [-0.3, -0.25) is 14.3 Å². The molecule has 0 bridgehead atoms. The monoisotopic (exact) mass is 606 g/mol. The number of sulfonamides is 1. The Morgan fingerprint density at radius 2 is 1.77 bits per heavy atom. The average molecular weight is 607 g/mol. The van der Waals surface area contributed by atoms with Gasteiger partial charge < -0.3 is 25.0 Å². The van der Waals surface area contributed by atoms with E-state index in [9.17, 15) is 23.1 Å². The molecule has 1 aromatic heterocycles. The summed E-state index contributed by atoms with van der Waals surface area (Å²) in [6, 6.07) is 22.4. The van der Waals surface area contributed by atoms with E-state index in [2.05, 4.69) is 38.5 Å². The van der Waals surface area contributed by atoms with Crippen molar-refractivity contribution >= 4 is 38.5 Å². The van der Waals surface area contributed by atoms with Crippen LogP contribution in [0.1, 0.15) is 48.7 Å². The number of fused-ring (bicyclic) bond motifs is 1. The predicted molar refractivity (Wildman–Crippen MR) is 166 cm³/mol. The van der Waals surface area contributed by atoms with Gasteiger partial charge in [-0.1, -0.05) is 30.3 Å². The lowest BCUT2D eigenvalue weighted by atomic mass is 9.99. The molecular weight excluding hydrogens is 568 g/mol. The van der Waals surface area contributed by atoms with Gasteiger partial charge in [0.15, 0.2) is 0 Å². The highest BCUT2D eigenvalue weighted by Gasteiger charge is 2.21. The molecule has 228 valence electrons. The fourth-order valence-corrected chi connectivity index (χ4v) is 5.69. The van der Waals surface area contributed by atoms with Crippen molar-refractivity contribution in [2.24, 2.45) is 0 Å². The third-order valence-electron chi connectivity index (χ3n) is 7.20.